The number of piperidine rings is 1. The molecule has 1 N–H and O–H groups in total. The van der Waals surface area contributed by atoms with Crippen molar-refractivity contribution in [3.63, 3.8) is 0 Å². The Kier molecular flexibility index (Phi) is 7.15. The monoisotopic (exact) mass is 430 g/mol. The van der Waals surface area contributed by atoms with Crippen LogP contribution in [0.1, 0.15) is 36.5 Å². The van der Waals surface area contributed by atoms with Crippen molar-refractivity contribution in [2.24, 2.45) is 5.92 Å². The Labute approximate surface area is 179 Å². The van der Waals surface area contributed by atoms with Gasteiger partial charge in [0.25, 0.3) is 0 Å². The van der Waals surface area contributed by atoms with Crippen LogP contribution in [-0.2, 0) is 21.4 Å². The molecule has 0 unspecified atom stereocenters. The van der Waals surface area contributed by atoms with Crippen LogP contribution in [0.5, 0.6) is 5.75 Å². The molecule has 0 spiro atoms. The molecule has 30 heavy (non-hydrogen) atoms. The summed E-state index contributed by atoms with van der Waals surface area (Å²) in [4.78, 5) is 12.9. The van der Waals surface area contributed by atoms with E-state index in [-0.39, 0.29) is 23.3 Å². The van der Waals surface area contributed by atoms with E-state index < -0.39 is 10.0 Å². The van der Waals surface area contributed by atoms with Crippen molar-refractivity contribution in [3.05, 3.63) is 59.2 Å². The van der Waals surface area contributed by atoms with E-state index in [0.717, 1.165) is 11.1 Å². The first-order valence-corrected chi connectivity index (χ1v) is 11.8. The molecular formula is C23H30N2O4S. The van der Waals surface area contributed by atoms with E-state index >= 15 is 0 Å². The van der Waals surface area contributed by atoms with Crippen LogP contribution in [0.3, 0.4) is 0 Å². The number of nitrogens with one attached hydrogen (secondary N) is 1. The van der Waals surface area contributed by atoms with Crippen LogP contribution in [0.15, 0.2) is 47.4 Å². The van der Waals surface area contributed by atoms with Crippen LogP contribution in [0, 0.1) is 19.8 Å². The fourth-order valence-corrected chi connectivity index (χ4v) is 5.27. The van der Waals surface area contributed by atoms with Gasteiger partial charge in [-0.05, 0) is 62.9 Å². The molecule has 0 bridgehead atoms. The number of carbonyl (C=O) groups is 1. The molecule has 0 saturated carbocycles. The summed E-state index contributed by atoms with van der Waals surface area (Å²) in [5, 5.41) is 2.95. The largest absolute Gasteiger partial charge is 0.494 e. The van der Waals surface area contributed by atoms with E-state index in [1.54, 1.807) is 18.2 Å². The first-order chi connectivity index (χ1) is 14.3. The Morgan fingerprint density at radius 3 is 2.57 bits per heavy atom. The Balaban J connectivity index is 1.66. The fourth-order valence-electron chi connectivity index (χ4n) is 3.66. The molecule has 1 aliphatic heterocycles. The number of benzene rings is 2. The molecule has 1 aliphatic rings. The van der Waals surface area contributed by atoms with E-state index in [9.17, 15) is 13.2 Å². The first-order valence-electron chi connectivity index (χ1n) is 10.4. The third-order valence-corrected chi connectivity index (χ3v) is 7.29. The Hall–Kier alpha value is -2.38. The molecule has 0 radical (unpaired) electrons. The summed E-state index contributed by atoms with van der Waals surface area (Å²) in [5.74, 6) is 0.240. The average molecular weight is 431 g/mol. The lowest BCUT2D eigenvalue weighted by atomic mass is 9.98. The van der Waals surface area contributed by atoms with Gasteiger partial charge in [-0.2, -0.15) is 4.31 Å². The molecule has 7 heteroatoms. The molecule has 1 amide bonds. The highest BCUT2D eigenvalue weighted by Crippen LogP contribution is 2.27. The van der Waals surface area contributed by atoms with Gasteiger partial charge in [-0.25, -0.2) is 8.42 Å². The SMILES string of the molecule is CCOc1ccc(S(=O)(=O)N2CCC[C@@H](C(=O)NCc3ccc(C)cc3)C2)cc1C. The van der Waals surface area contributed by atoms with E-state index in [1.165, 1.54) is 9.87 Å². The van der Waals surface area contributed by atoms with Gasteiger partial charge >= 0.3 is 0 Å². The van der Waals surface area contributed by atoms with Crippen molar-refractivity contribution < 1.29 is 17.9 Å². The molecule has 0 aliphatic carbocycles. The summed E-state index contributed by atoms with van der Waals surface area (Å²) in [7, 11) is -3.66. The van der Waals surface area contributed by atoms with Crippen molar-refractivity contribution in [2.45, 2.75) is 45.1 Å². The van der Waals surface area contributed by atoms with Crippen LogP contribution >= 0.6 is 0 Å². The molecule has 162 valence electrons. The number of ether oxygens (including phenoxy) is 1. The highest BCUT2D eigenvalue weighted by Gasteiger charge is 2.33. The van der Waals surface area contributed by atoms with Gasteiger partial charge in [0.05, 0.1) is 17.4 Å². The van der Waals surface area contributed by atoms with Gasteiger partial charge in [-0.1, -0.05) is 29.8 Å². The second-order valence-electron chi connectivity index (χ2n) is 7.77. The highest BCUT2D eigenvalue weighted by atomic mass is 32.2. The first kappa shape index (κ1) is 22.3. The third kappa shape index (κ3) is 5.21. The van der Waals surface area contributed by atoms with Crippen LogP contribution in [0.2, 0.25) is 0 Å². The summed E-state index contributed by atoms with van der Waals surface area (Å²) < 4.78 is 33.2. The van der Waals surface area contributed by atoms with Crippen molar-refractivity contribution in [2.75, 3.05) is 19.7 Å². The van der Waals surface area contributed by atoms with Crippen LogP contribution < -0.4 is 10.1 Å². The lowest BCUT2D eigenvalue weighted by molar-refractivity contribution is -0.126. The van der Waals surface area contributed by atoms with Gasteiger partial charge in [-0.15, -0.1) is 0 Å². The number of sulfonamides is 1. The highest BCUT2D eigenvalue weighted by molar-refractivity contribution is 7.89. The van der Waals surface area contributed by atoms with Gasteiger partial charge in [0, 0.05) is 19.6 Å². The molecule has 1 fully saturated rings. The summed E-state index contributed by atoms with van der Waals surface area (Å²) in [6, 6.07) is 12.9. The second kappa shape index (κ2) is 9.62. The smallest absolute Gasteiger partial charge is 0.243 e. The molecule has 0 aromatic heterocycles. The van der Waals surface area contributed by atoms with Crippen LogP contribution in [0.25, 0.3) is 0 Å². The van der Waals surface area contributed by atoms with E-state index in [4.69, 9.17) is 4.74 Å². The van der Waals surface area contributed by atoms with Crippen molar-refractivity contribution in [1.82, 2.24) is 9.62 Å². The number of aryl methyl sites for hydroxylation is 2. The van der Waals surface area contributed by atoms with Gasteiger partial charge in [0.2, 0.25) is 15.9 Å². The lowest BCUT2D eigenvalue weighted by Gasteiger charge is -2.31. The zero-order chi connectivity index (χ0) is 21.7. The topological polar surface area (TPSA) is 75.7 Å². The zero-order valence-corrected chi connectivity index (χ0v) is 18.7. The predicted octanol–water partition coefficient (Wildman–Crippen LogP) is 3.42. The summed E-state index contributed by atoms with van der Waals surface area (Å²) in [5.41, 5.74) is 2.98. The maximum absolute atomic E-state index is 13.1. The van der Waals surface area contributed by atoms with Crippen LogP contribution in [-0.4, -0.2) is 38.3 Å². The number of amides is 1. The minimum absolute atomic E-state index is 0.0988. The number of carbonyl (C=O) groups excluding carboxylic acids is 1. The maximum Gasteiger partial charge on any atom is 0.243 e. The number of rotatable bonds is 7. The van der Waals surface area contributed by atoms with Gasteiger partial charge in [0.1, 0.15) is 5.75 Å². The van der Waals surface area contributed by atoms with Crippen molar-refractivity contribution in [1.29, 1.82) is 0 Å². The van der Waals surface area contributed by atoms with Crippen molar-refractivity contribution >= 4 is 15.9 Å². The standard InChI is InChI=1S/C23H30N2O4S/c1-4-29-22-12-11-21(14-18(22)3)30(27,28)25-13-5-6-20(16-25)23(26)24-15-19-9-7-17(2)8-10-19/h7-12,14,20H,4-6,13,15-16H2,1-3H3,(H,24,26)/t20-/m1/s1. The van der Waals surface area contributed by atoms with E-state index in [2.05, 4.69) is 5.32 Å². The van der Waals surface area contributed by atoms with Gasteiger partial charge in [-0.3, -0.25) is 4.79 Å². The van der Waals surface area contributed by atoms with Gasteiger partial charge in [0.15, 0.2) is 0 Å². The average Bonchev–Trinajstić information content (AvgIpc) is 2.74. The Morgan fingerprint density at radius 2 is 1.90 bits per heavy atom. The minimum atomic E-state index is -3.66. The number of nitrogens with zero attached hydrogens (tertiary/aromatic N) is 1. The zero-order valence-electron chi connectivity index (χ0n) is 17.8. The normalized spacial score (nSPS) is 17.5. The molecule has 2 aromatic rings. The third-order valence-electron chi connectivity index (χ3n) is 5.43. The molecule has 6 nitrogen and oxygen atoms in total. The molecular weight excluding hydrogens is 400 g/mol. The summed E-state index contributed by atoms with van der Waals surface area (Å²) in [6.07, 6.45) is 1.35. The predicted molar refractivity (Wildman–Crippen MR) is 117 cm³/mol. The molecule has 1 heterocycles. The van der Waals surface area contributed by atoms with E-state index in [1.807, 2.05) is 45.0 Å². The fraction of sp³-hybridized carbons (Fsp3) is 0.435. The Bertz CT molecular complexity index is 987. The quantitative estimate of drug-likeness (QED) is 0.730. The maximum atomic E-state index is 13.1. The van der Waals surface area contributed by atoms with Crippen molar-refractivity contribution in [3.8, 4) is 5.75 Å². The molecule has 1 atom stereocenters. The summed E-state index contributed by atoms with van der Waals surface area (Å²) >= 11 is 0. The van der Waals surface area contributed by atoms with E-state index in [0.29, 0.717) is 38.3 Å². The number of hydrogen-bond acceptors (Lipinski definition) is 4. The summed E-state index contributed by atoms with van der Waals surface area (Å²) in [6.45, 7) is 7.35. The van der Waals surface area contributed by atoms with Gasteiger partial charge < -0.3 is 10.1 Å². The molecule has 2 aromatic carbocycles. The van der Waals surface area contributed by atoms with Crippen LogP contribution in [0.4, 0.5) is 0 Å². The molecule has 3 rings (SSSR count). The minimum Gasteiger partial charge on any atom is -0.494 e. The lowest BCUT2D eigenvalue weighted by Crippen LogP contribution is -2.45. The number of hydrogen-bond donors (Lipinski definition) is 1. The second-order valence-corrected chi connectivity index (χ2v) is 9.70. The Morgan fingerprint density at radius 1 is 1.17 bits per heavy atom. The molecule has 1 saturated heterocycles.